The lowest BCUT2D eigenvalue weighted by molar-refractivity contribution is -0.131. The molecular formula is C20H26ClNO2. The Hall–Kier alpha value is -1.58. The Kier molecular flexibility index (Phi) is 7.54. The first-order chi connectivity index (χ1) is 11.5. The number of hydrogen-bond donors (Lipinski definition) is 2. The van der Waals surface area contributed by atoms with Gasteiger partial charge in [-0.2, -0.15) is 0 Å². The van der Waals surface area contributed by atoms with Gasteiger partial charge in [0, 0.05) is 17.1 Å². The molecule has 0 aromatic heterocycles. The normalized spacial score (nSPS) is 22.8. The van der Waals surface area contributed by atoms with E-state index in [4.69, 9.17) is 22.4 Å². The maximum Gasteiger partial charge on any atom is 0.328 e. The van der Waals surface area contributed by atoms with Crippen molar-refractivity contribution in [2.45, 2.75) is 56.9 Å². The van der Waals surface area contributed by atoms with Gasteiger partial charge in [0.1, 0.15) is 0 Å². The lowest BCUT2D eigenvalue weighted by Gasteiger charge is -2.20. The Morgan fingerprint density at radius 3 is 2.38 bits per heavy atom. The van der Waals surface area contributed by atoms with Gasteiger partial charge in [-0.15, -0.1) is 0 Å². The summed E-state index contributed by atoms with van der Waals surface area (Å²) < 4.78 is 0. The number of aliphatic carboxylic acids is 1. The molecule has 1 saturated carbocycles. The van der Waals surface area contributed by atoms with Gasteiger partial charge < -0.3 is 10.8 Å². The first kappa shape index (κ1) is 18.8. The number of halogens is 1. The van der Waals surface area contributed by atoms with E-state index in [0.29, 0.717) is 12.0 Å². The van der Waals surface area contributed by atoms with Gasteiger partial charge in [-0.1, -0.05) is 55.1 Å². The second-order valence-electron chi connectivity index (χ2n) is 6.55. The molecule has 3 N–H and O–H groups in total. The van der Waals surface area contributed by atoms with Crippen molar-refractivity contribution in [3.05, 3.63) is 58.7 Å². The predicted molar refractivity (Wildman–Crippen MR) is 99.3 cm³/mol. The number of rotatable bonds is 2. The molecule has 1 fully saturated rings. The topological polar surface area (TPSA) is 63.3 Å². The first-order valence-corrected chi connectivity index (χ1v) is 9.03. The zero-order valence-corrected chi connectivity index (χ0v) is 14.7. The number of carboxylic acids is 1. The summed E-state index contributed by atoms with van der Waals surface area (Å²) in [6.45, 7) is 0. The van der Waals surface area contributed by atoms with E-state index < -0.39 is 5.97 Å². The number of carboxylic acid groups (broad SMARTS) is 1. The van der Waals surface area contributed by atoms with Gasteiger partial charge in [-0.25, -0.2) is 4.79 Å². The van der Waals surface area contributed by atoms with Crippen molar-refractivity contribution >= 4 is 17.6 Å². The number of hydrogen-bond acceptors (Lipinski definition) is 2. The fourth-order valence-electron chi connectivity index (χ4n) is 3.21. The molecule has 3 nitrogen and oxygen atoms in total. The third kappa shape index (κ3) is 6.50. The van der Waals surface area contributed by atoms with Crippen molar-refractivity contribution in [1.82, 2.24) is 0 Å². The van der Waals surface area contributed by atoms with Crippen LogP contribution in [-0.4, -0.2) is 17.1 Å². The van der Waals surface area contributed by atoms with Crippen molar-refractivity contribution in [3.8, 4) is 0 Å². The molecule has 1 aromatic carbocycles. The number of benzene rings is 1. The van der Waals surface area contributed by atoms with Crippen LogP contribution in [0.1, 0.15) is 56.4 Å². The second kappa shape index (κ2) is 9.65. The summed E-state index contributed by atoms with van der Waals surface area (Å²) in [5, 5.41) is 9.45. The van der Waals surface area contributed by atoms with Gasteiger partial charge in [0.15, 0.2) is 0 Å². The molecule has 1 aromatic rings. The molecule has 2 aliphatic rings. The van der Waals surface area contributed by atoms with Crippen LogP contribution in [0.2, 0.25) is 5.02 Å². The molecule has 130 valence electrons. The molecule has 1 atom stereocenters. The fraction of sp³-hybridized carbons (Fsp3) is 0.450. The Bertz CT molecular complexity index is 586. The minimum absolute atomic E-state index is 0.350. The lowest BCUT2D eigenvalue weighted by atomic mass is 9.85. The SMILES string of the molecule is NC1CCCCC1.O=C(O)/C=C1\C=CCC(c2ccc(Cl)cc2)C1. The van der Waals surface area contributed by atoms with Crippen LogP contribution in [-0.2, 0) is 4.79 Å². The minimum atomic E-state index is -0.888. The van der Waals surface area contributed by atoms with Crippen LogP contribution in [0, 0.1) is 0 Å². The van der Waals surface area contributed by atoms with E-state index in [2.05, 4.69) is 0 Å². The predicted octanol–water partition coefficient (Wildman–Crippen LogP) is 5.06. The Balaban J connectivity index is 0.000000249. The number of carbonyl (C=O) groups is 1. The summed E-state index contributed by atoms with van der Waals surface area (Å²) in [6.07, 6.45) is 13.6. The molecule has 0 amide bonds. The number of allylic oxidation sites excluding steroid dienone is 3. The standard InChI is InChI=1S/C14H13ClO2.C6H13N/c15-13-6-4-11(5-7-13)12-3-1-2-10(8-12)9-14(16)17;7-6-4-2-1-3-5-6/h1-2,4-7,9,12H,3,8H2,(H,16,17);6H,1-5,7H2/b10-9+;. The van der Waals surface area contributed by atoms with Gasteiger partial charge in [0.05, 0.1) is 0 Å². The van der Waals surface area contributed by atoms with Crippen LogP contribution in [0.25, 0.3) is 0 Å². The largest absolute Gasteiger partial charge is 0.478 e. The van der Waals surface area contributed by atoms with E-state index in [1.54, 1.807) is 0 Å². The number of nitrogens with two attached hydrogens (primary N) is 1. The molecule has 0 aliphatic heterocycles. The third-order valence-corrected chi connectivity index (χ3v) is 4.79. The fourth-order valence-corrected chi connectivity index (χ4v) is 3.33. The molecule has 3 rings (SSSR count). The van der Waals surface area contributed by atoms with Gasteiger partial charge in [-0.05, 0) is 54.9 Å². The maximum atomic E-state index is 10.6. The average Bonchev–Trinajstić information content (AvgIpc) is 2.56. The van der Waals surface area contributed by atoms with E-state index in [-0.39, 0.29) is 0 Å². The van der Waals surface area contributed by atoms with E-state index in [1.165, 1.54) is 43.7 Å². The van der Waals surface area contributed by atoms with Gasteiger partial charge in [0.2, 0.25) is 0 Å². The maximum absolute atomic E-state index is 10.6. The van der Waals surface area contributed by atoms with Crippen LogP contribution < -0.4 is 5.73 Å². The molecule has 4 heteroatoms. The molecule has 24 heavy (non-hydrogen) atoms. The molecular weight excluding hydrogens is 322 g/mol. The van der Waals surface area contributed by atoms with Crippen LogP contribution in [0.4, 0.5) is 0 Å². The molecule has 1 unspecified atom stereocenters. The Labute approximate surface area is 149 Å². The van der Waals surface area contributed by atoms with Gasteiger partial charge in [-0.3, -0.25) is 0 Å². The average molecular weight is 348 g/mol. The summed E-state index contributed by atoms with van der Waals surface area (Å²) in [6, 6.07) is 8.29. The van der Waals surface area contributed by atoms with Crippen LogP contribution in [0.5, 0.6) is 0 Å². The van der Waals surface area contributed by atoms with E-state index in [9.17, 15) is 4.79 Å². The van der Waals surface area contributed by atoms with E-state index in [1.807, 2.05) is 36.4 Å². The van der Waals surface area contributed by atoms with Crippen LogP contribution in [0.3, 0.4) is 0 Å². The first-order valence-electron chi connectivity index (χ1n) is 8.65. The van der Waals surface area contributed by atoms with Gasteiger partial charge >= 0.3 is 5.97 Å². The highest BCUT2D eigenvalue weighted by molar-refractivity contribution is 6.30. The highest BCUT2D eigenvalue weighted by Crippen LogP contribution is 2.32. The minimum Gasteiger partial charge on any atom is -0.478 e. The van der Waals surface area contributed by atoms with Crippen molar-refractivity contribution in [2.75, 3.05) is 0 Å². The van der Waals surface area contributed by atoms with Crippen LogP contribution in [0.15, 0.2) is 48.1 Å². The highest BCUT2D eigenvalue weighted by Gasteiger charge is 2.15. The summed E-state index contributed by atoms with van der Waals surface area (Å²) in [4.78, 5) is 10.6. The zero-order chi connectivity index (χ0) is 17.4. The van der Waals surface area contributed by atoms with Crippen molar-refractivity contribution < 1.29 is 9.90 Å². The lowest BCUT2D eigenvalue weighted by Crippen LogP contribution is -2.22. The highest BCUT2D eigenvalue weighted by atomic mass is 35.5. The van der Waals surface area contributed by atoms with Gasteiger partial charge in [0.25, 0.3) is 0 Å². The van der Waals surface area contributed by atoms with Crippen molar-refractivity contribution in [3.63, 3.8) is 0 Å². The molecule has 0 heterocycles. The molecule has 0 radical (unpaired) electrons. The molecule has 0 spiro atoms. The quantitative estimate of drug-likeness (QED) is 0.735. The summed E-state index contributed by atoms with van der Waals surface area (Å²) in [7, 11) is 0. The summed E-state index contributed by atoms with van der Waals surface area (Å²) in [5.74, 6) is -0.538. The molecule has 2 aliphatic carbocycles. The van der Waals surface area contributed by atoms with E-state index >= 15 is 0 Å². The zero-order valence-electron chi connectivity index (χ0n) is 14.0. The van der Waals surface area contributed by atoms with Crippen molar-refractivity contribution in [1.29, 1.82) is 0 Å². The molecule has 0 saturated heterocycles. The van der Waals surface area contributed by atoms with E-state index in [0.717, 1.165) is 23.4 Å². The monoisotopic (exact) mass is 347 g/mol. The van der Waals surface area contributed by atoms with Crippen LogP contribution >= 0.6 is 11.6 Å². The Morgan fingerprint density at radius 2 is 1.83 bits per heavy atom. The second-order valence-corrected chi connectivity index (χ2v) is 6.98. The molecule has 0 bridgehead atoms. The summed E-state index contributed by atoms with van der Waals surface area (Å²) >= 11 is 5.85. The smallest absolute Gasteiger partial charge is 0.328 e. The summed E-state index contributed by atoms with van der Waals surface area (Å²) in [5.41, 5.74) is 7.70. The third-order valence-electron chi connectivity index (χ3n) is 4.53. The van der Waals surface area contributed by atoms with Crippen molar-refractivity contribution in [2.24, 2.45) is 5.73 Å². The Morgan fingerprint density at radius 1 is 1.17 bits per heavy atom.